The molecule has 0 spiro atoms. The maximum atomic E-state index is 12.4. The summed E-state index contributed by atoms with van der Waals surface area (Å²) >= 11 is 0. The summed E-state index contributed by atoms with van der Waals surface area (Å²) < 4.78 is 0. The second kappa shape index (κ2) is 7.89. The molecule has 6 nitrogen and oxygen atoms in total. The molecule has 1 aromatic rings. The van der Waals surface area contributed by atoms with Crippen molar-refractivity contribution in [1.82, 2.24) is 10.2 Å². The van der Waals surface area contributed by atoms with E-state index in [4.69, 9.17) is 0 Å². The molecule has 1 N–H and O–H groups in total. The van der Waals surface area contributed by atoms with E-state index in [0.717, 1.165) is 36.9 Å². The number of fused-ring (bicyclic) bond motifs is 1. The van der Waals surface area contributed by atoms with Gasteiger partial charge in [-0.05, 0) is 30.5 Å². The molecule has 0 bridgehead atoms. The Morgan fingerprint density at radius 3 is 2.42 bits per heavy atom. The van der Waals surface area contributed by atoms with Crippen LogP contribution in [-0.2, 0) is 20.9 Å². The normalized spacial score (nSPS) is 22.3. The molecule has 2 atom stereocenters. The van der Waals surface area contributed by atoms with Gasteiger partial charge in [-0.1, -0.05) is 25.0 Å². The Labute approximate surface area is 154 Å². The Morgan fingerprint density at radius 1 is 1.15 bits per heavy atom. The van der Waals surface area contributed by atoms with E-state index in [1.54, 1.807) is 0 Å². The van der Waals surface area contributed by atoms with Crippen LogP contribution >= 0.6 is 0 Å². The highest BCUT2D eigenvalue weighted by Gasteiger charge is 2.47. The van der Waals surface area contributed by atoms with E-state index >= 15 is 0 Å². The van der Waals surface area contributed by atoms with Crippen LogP contribution in [0.1, 0.15) is 37.7 Å². The number of rotatable bonds is 6. The van der Waals surface area contributed by atoms with Gasteiger partial charge in [0.15, 0.2) is 0 Å². The van der Waals surface area contributed by atoms with Gasteiger partial charge in [0.2, 0.25) is 17.7 Å². The number of amides is 3. The minimum atomic E-state index is -0.145. The number of benzene rings is 1. The summed E-state index contributed by atoms with van der Waals surface area (Å²) in [5.74, 6) is -0.589. The molecule has 1 aliphatic heterocycles. The first-order valence-electron chi connectivity index (χ1n) is 9.35. The first-order chi connectivity index (χ1) is 12.5. The molecular weight excluding hydrogens is 330 g/mol. The lowest BCUT2D eigenvalue weighted by Gasteiger charge is -2.19. The smallest absolute Gasteiger partial charge is 0.233 e. The van der Waals surface area contributed by atoms with Crippen molar-refractivity contribution in [3.05, 3.63) is 29.8 Å². The molecule has 1 aromatic carbocycles. The lowest BCUT2D eigenvalue weighted by atomic mass is 9.81. The van der Waals surface area contributed by atoms with Crippen LogP contribution in [0.25, 0.3) is 0 Å². The number of nitrogens with one attached hydrogen (secondary N) is 1. The third-order valence-corrected chi connectivity index (χ3v) is 5.41. The van der Waals surface area contributed by atoms with Gasteiger partial charge >= 0.3 is 0 Å². The van der Waals surface area contributed by atoms with Crippen LogP contribution in [0.5, 0.6) is 0 Å². The number of carbonyl (C=O) groups is 3. The number of carbonyl (C=O) groups excluding carboxylic acids is 3. The number of hydrogen-bond acceptors (Lipinski definition) is 4. The lowest BCUT2D eigenvalue weighted by Crippen LogP contribution is -2.35. The molecule has 1 heterocycles. The maximum absolute atomic E-state index is 12.4. The van der Waals surface area contributed by atoms with Gasteiger partial charge in [0.05, 0.1) is 11.8 Å². The Hall–Kier alpha value is -2.37. The summed E-state index contributed by atoms with van der Waals surface area (Å²) in [5, 5.41) is 2.87. The Morgan fingerprint density at radius 2 is 1.81 bits per heavy atom. The second-order valence-electron chi connectivity index (χ2n) is 7.42. The summed E-state index contributed by atoms with van der Waals surface area (Å²) in [7, 11) is 3.94. The third-order valence-electron chi connectivity index (χ3n) is 5.41. The highest BCUT2D eigenvalue weighted by Crippen LogP contribution is 2.37. The molecule has 0 radical (unpaired) electrons. The SMILES string of the molecule is CN(C)c1cccc(CNC(=O)CCN2C(=O)C3CCCCC3C2=O)c1. The molecule has 0 aromatic heterocycles. The van der Waals surface area contributed by atoms with Gasteiger partial charge in [-0.2, -0.15) is 0 Å². The topological polar surface area (TPSA) is 69.7 Å². The summed E-state index contributed by atoms with van der Waals surface area (Å²) in [6.45, 7) is 0.627. The van der Waals surface area contributed by atoms with Crippen molar-refractivity contribution in [2.24, 2.45) is 11.8 Å². The molecule has 140 valence electrons. The van der Waals surface area contributed by atoms with Crippen molar-refractivity contribution in [3.8, 4) is 0 Å². The van der Waals surface area contributed by atoms with Gasteiger partial charge in [-0.3, -0.25) is 19.3 Å². The number of anilines is 1. The molecular formula is C20H27N3O3. The van der Waals surface area contributed by atoms with E-state index in [-0.39, 0.29) is 42.5 Å². The van der Waals surface area contributed by atoms with Crippen LogP contribution in [0.3, 0.4) is 0 Å². The molecule has 1 aliphatic carbocycles. The molecule has 3 rings (SSSR count). The zero-order valence-electron chi connectivity index (χ0n) is 15.5. The predicted octanol–water partition coefficient (Wildman–Crippen LogP) is 1.93. The summed E-state index contributed by atoms with van der Waals surface area (Å²) in [6.07, 6.45) is 3.80. The summed E-state index contributed by atoms with van der Waals surface area (Å²) in [6, 6.07) is 7.96. The highest BCUT2D eigenvalue weighted by atomic mass is 16.2. The van der Waals surface area contributed by atoms with E-state index in [9.17, 15) is 14.4 Å². The largest absolute Gasteiger partial charge is 0.378 e. The van der Waals surface area contributed by atoms with E-state index in [2.05, 4.69) is 5.32 Å². The molecule has 1 saturated carbocycles. The molecule has 2 fully saturated rings. The highest BCUT2D eigenvalue weighted by molar-refractivity contribution is 6.05. The summed E-state index contributed by atoms with van der Waals surface area (Å²) in [4.78, 5) is 40.3. The minimum Gasteiger partial charge on any atom is -0.378 e. The van der Waals surface area contributed by atoms with E-state index < -0.39 is 0 Å². The van der Waals surface area contributed by atoms with Crippen LogP contribution in [0, 0.1) is 11.8 Å². The van der Waals surface area contributed by atoms with Crippen molar-refractivity contribution in [1.29, 1.82) is 0 Å². The van der Waals surface area contributed by atoms with Crippen LogP contribution < -0.4 is 10.2 Å². The fraction of sp³-hybridized carbons (Fsp3) is 0.550. The maximum Gasteiger partial charge on any atom is 0.233 e. The average Bonchev–Trinajstić information content (AvgIpc) is 2.89. The lowest BCUT2D eigenvalue weighted by molar-refractivity contribution is -0.140. The van der Waals surface area contributed by atoms with Crippen molar-refractivity contribution in [2.45, 2.75) is 38.6 Å². The predicted molar refractivity (Wildman–Crippen MR) is 99.4 cm³/mol. The number of likely N-dealkylation sites (tertiary alicyclic amines) is 1. The van der Waals surface area contributed by atoms with E-state index in [0.29, 0.717) is 6.54 Å². The first kappa shape index (κ1) is 18.4. The molecule has 2 aliphatic rings. The second-order valence-corrected chi connectivity index (χ2v) is 7.42. The van der Waals surface area contributed by atoms with Crippen molar-refractivity contribution in [2.75, 3.05) is 25.5 Å². The van der Waals surface area contributed by atoms with Crippen LogP contribution in [0.4, 0.5) is 5.69 Å². The quantitative estimate of drug-likeness (QED) is 0.790. The van der Waals surface area contributed by atoms with Gasteiger partial charge in [-0.25, -0.2) is 0 Å². The molecule has 6 heteroatoms. The molecule has 2 unspecified atom stereocenters. The van der Waals surface area contributed by atoms with Crippen molar-refractivity contribution >= 4 is 23.4 Å². The van der Waals surface area contributed by atoms with E-state index in [1.165, 1.54) is 4.90 Å². The fourth-order valence-electron chi connectivity index (χ4n) is 3.90. The Kier molecular flexibility index (Phi) is 5.59. The van der Waals surface area contributed by atoms with Gasteiger partial charge < -0.3 is 10.2 Å². The van der Waals surface area contributed by atoms with Crippen LogP contribution in [-0.4, -0.2) is 43.3 Å². The third kappa shape index (κ3) is 3.89. The van der Waals surface area contributed by atoms with Crippen LogP contribution in [0.15, 0.2) is 24.3 Å². The first-order valence-corrected chi connectivity index (χ1v) is 9.35. The Bertz CT molecular complexity index is 677. The molecule has 26 heavy (non-hydrogen) atoms. The standard InChI is InChI=1S/C20H27N3O3/c1-22(2)15-7-5-6-14(12-15)13-21-18(24)10-11-23-19(25)16-8-3-4-9-17(16)20(23)26/h5-7,12,16-17H,3-4,8-11,13H2,1-2H3,(H,21,24). The monoisotopic (exact) mass is 357 g/mol. The van der Waals surface area contributed by atoms with Gasteiger partial charge in [0.25, 0.3) is 0 Å². The average molecular weight is 357 g/mol. The van der Waals surface area contributed by atoms with Gasteiger partial charge in [0.1, 0.15) is 0 Å². The number of imide groups is 1. The summed E-state index contributed by atoms with van der Waals surface area (Å²) in [5.41, 5.74) is 2.09. The Balaban J connectivity index is 1.49. The zero-order chi connectivity index (χ0) is 18.7. The number of nitrogens with zero attached hydrogens (tertiary/aromatic N) is 2. The van der Waals surface area contributed by atoms with Gasteiger partial charge in [0, 0.05) is 39.3 Å². The molecule has 3 amide bonds. The number of hydrogen-bond donors (Lipinski definition) is 1. The zero-order valence-corrected chi connectivity index (χ0v) is 15.5. The van der Waals surface area contributed by atoms with Crippen molar-refractivity contribution in [3.63, 3.8) is 0 Å². The minimum absolute atomic E-state index is 0.0776. The fourth-order valence-corrected chi connectivity index (χ4v) is 3.90. The van der Waals surface area contributed by atoms with Crippen LogP contribution in [0.2, 0.25) is 0 Å². The van der Waals surface area contributed by atoms with Crippen molar-refractivity contribution < 1.29 is 14.4 Å². The molecule has 1 saturated heterocycles. The van der Waals surface area contributed by atoms with E-state index in [1.807, 2.05) is 43.3 Å². The van der Waals surface area contributed by atoms with Gasteiger partial charge in [-0.15, -0.1) is 0 Å².